The Balaban J connectivity index is 2.42. The Kier molecular flexibility index (Phi) is 5.61. The van der Waals surface area contributed by atoms with Crippen LogP contribution in [-0.4, -0.2) is 47.2 Å². The highest BCUT2D eigenvalue weighted by Crippen LogP contribution is 2.34. The maximum absolute atomic E-state index is 12.7. The number of amides is 1. The molecule has 1 amide bonds. The predicted octanol–water partition coefficient (Wildman–Crippen LogP) is 3.09. The van der Waals surface area contributed by atoms with Crippen molar-refractivity contribution in [3.8, 4) is 0 Å². The van der Waals surface area contributed by atoms with Gasteiger partial charge in [-0.25, -0.2) is 18.2 Å². The van der Waals surface area contributed by atoms with Crippen LogP contribution in [0.3, 0.4) is 0 Å². The fraction of sp³-hybridized carbons (Fsp3) is 0.357. The Morgan fingerprint density at radius 3 is 2.38 bits per heavy atom. The molecule has 26 heavy (non-hydrogen) atoms. The fourth-order valence-corrected chi connectivity index (χ4v) is 3.72. The number of hydrogen-bond donors (Lipinski definition) is 0. The van der Waals surface area contributed by atoms with Crippen molar-refractivity contribution in [3.63, 3.8) is 0 Å². The number of alkyl halides is 3. The highest BCUT2D eigenvalue weighted by molar-refractivity contribution is 7.91. The zero-order chi connectivity index (χ0) is 19.7. The minimum absolute atomic E-state index is 0.377. The molecule has 0 N–H and O–H groups in total. The van der Waals surface area contributed by atoms with Crippen LogP contribution in [0.2, 0.25) is 5.02 Å². The van der Waals surface area contributed by atoms with Gasteiger partial charge in [0.25, 0.3) is 5.16 Å². The van der Waals surface area contributed by atoms with Gasteiger partial charge in [0.2, 0.25) is 9.84 Å². The Bertz CT molecular complexity index is 924. The summed E-state index contributed by atoms with van der Waals surface area (Å²) in [6.45, 7) is 4.22. The van der Waals surface area contributed by atoms with Gasteiger partial charge in [-0.15, -0.1) is 5.10 Å². The molecule has 0 aliphatic carbocycles. The molecule has 142 valence electrons. The summed E-state index contributed by atoms with van der Waals surface area (Å²) in [4.78, 5) is 16.5. The highest BCUT2D eigenvalue weighted by Gasteiger charge is 2.33. The molecule has 2 aromatic rings. The monoisotopic (exact) mass is 410 g/mol. The van der Waals surface area contributed by atoms with E-state index in [1.165, 1.54) is 4.90 Å². The number of benzene rings is 1. The van der Waals surface area contributed by atoms with Gasteiger partial charge in [-0.1, -0.05) is 11.6 Å². The first-order chi connectivity index (χ1) is 12.0. The first-order valence-electron chi connectivity index (χ1n) is 7.35. The number of rotatable bonds is 4. The molecule has 0 bridgehead atoms. The fourth-order valence-electron chi connectivity index (χ4n) is 2.10. The average molecular weight is 411 g/mol. The van der Waals surface area contributed by atoms with Crippen LogP contribution in [0, 0.1) is 0 Å². The molecule has 0 spiro atoms. The highest BCUT2D eigenvalue weighted by atomic mass is 35.5. The third kappa shape index (κ3) is 3.83. The second-order valence-electron chi connectivity index (χ2n) is 5.07. The van der Waals surface area contributed by atoms with E-state index in [1.54, 1.807) is 13.8 Å². The predicted molar refractivity (Wildman–Crippen MR) is 85.6 cm³/mol. The van der Waals surface area contributed by atoms with E-state index in [4.69, 9.17) is 11.6 Å². The van der Waals surface area contributed by atoms with Gasteiger partial charge >= 0.3 is 12.2 Å². The number of aromatic nitrogens is 3. The molecule has 1 aromatic heterocycles. The van der Waals surface area contributed by atoms with Crippen LogP contribution in [0.1, 0.15) is 19.4 Å². The number of carbonyl (C=O) groups excluding carboxylic acids is 1. The topological polar surface area (TPSA) is 85.2 Å². The van der Waals surface area contributed by atoms with Crippen molar-refractivity contribution in [3.05, 3.63) is 35.1 Å². The second-order valence-corrected chi connectivity index (χ2v) is 7.29. The van der Waals surface area contributed by atoms with Crippen LogP contribution >= 0.6 is 11.6 Å². The van der Waals surface area contributed by atoms with Gasteiger partial charge in [-0.2, -0.15) is 17.9 Å². The maximum atomic E-state index is 12.7. The van der Waals surface area contributed by atoms with Crippen LogP contribution in [0.4, 0.5) is 18.0 Å². The lowest BCUT2D eigenvalue weighted by Crippen LogP contribution is -2.34. The van der Waals surface area contributed by atoms with Crippen LogP contribution < -0.4 is 0 Å². The summed E-state index contributed by atoms with van der Waals surface area (Å²) in [7, 11) is -4.40. The zero-order valence-corrected chi connectivity index (χ0v) is 15.2. The van der Waals surface area contributed by atoms with Crippen molar-refractivity contribution in [1.82, 2.24) is 19.7 Å². The Labute approximate surface area is 152 Å². The van der Waals surface area contributed by atoms with E-state index in [2.05, 4.69) is 10.1 Å². The van der Waals surface area contributed by atoms with Crippen molar-refractivity contribution >= 4 is 27.5 Å². The summed E-state index contributed by atoms with van der Waals surface area (Å²) in [5.41, 5.74) is -1.09. The van der Waals surface area contributed by atoms with Gasteiger partial charge in [0.1, 0.15) is 6.33 Å². The third-order valence-electron chi connectivity index (χ3n) is 3.49. The second kappa shape index (κ2) is 7.23. The van der Waals surface area contributed by atoms with E-state index in [0.717, 1.165) is 17.1 Å². The number of halogens is 4. The van der Waals surface area contributed by atoms with Crippen LogP contribution in [0.25, 0.3) is 0 Å². The Morgan fingerprint density at radius 1 is 1.27 bits per heavy atom. The molecular weight excluding hydrogens is 397 g/mol. The van der Waals surface area contributed by atoms with Crippen molar-refractivity contribution < 1.29 is 26.4 Å². The summed E-state index contributed by atoms with van der Waals surface area (Å²) in [5.74, 6) is 0. The largest absolute Gasteiger partial charge is 0.416 e. The Hall–Kier alpha value is -2.14. The van der Waals surface area contributed by atoms with Crippen molar-refractivity contribution in [2.75, 3.05) is 13.1 Å². The van der Waals surface area contributed by atoms with Crippen LogP contribution in [0.15, 0.2) is 34.6 Å². The molecule has 7 nitrogen and oxygen atoms in total. The van der Waals surface area contributed by atoms with Crippen LogP contribution in [0.5, 0.6) is 0 Å². The number of nitrogens with zero attached hydrogens (tertiary/aromatic N) is 4. The molecular formula is C14H14ClF3N4O3S. The summed E-state index contributed by atoms with van der Waals surface area (Å²) in [5, 5.41) is 2.28. The average Bonchev–Trinajstić information content (AvgIpc) is 3.05. The maximum Gasteiger partial charge on any atom is 0.416 e. The lowest BCUT2D eigenvalue weighted by Gasteiger charge is -2.17. The minimum atomic E-state index is -4.66. The van der Waals surface area contributed by atoms with E-state index >= 15 is 0 Å². The summed E-state index contributed by atoms with van der Waals surface area (Å²) in [6, 6.07) is 1.25. The van der Waals surface area contributed by atoms with Gasteiger partial charge < -0.3 is 4.90 Å². The van der Waals surface area contributed by atoms with Crippen molar-refractivity contribution in [2.45, 2.75) is 30.1 Å². The first-order valence-corrected chi connectivity index (χ1v) is 9.21. The molecule has 1 aromatic carbocycles. The van der Waals surface area contributed by atoms with Gasteiger partial charge in [-0.05, 0) is 32.0 Å². The third-order valence-corrected chi connectivity index (χ3v) is 5.52. The lowest BCUT2D eigenvalue weighted by molar-refractivity contribution is -0.137. The molecule has 0 aliphatic rings. The van der Waals surface area contributed by atoms with E-state index in [9.17, 15) is 26.4 Å². The molecule has 0 unspecified atom stereocenters. The summed E-state index contributed by atoms with van der Waals surface area (Å²) >= 11 is 5.72. The van der Waals surface area contributed by atoms with Crippen molar-refractivity contribution in [1.29, 1.82) is 0 Å². The van der Waals surface area contributed by atoms with Gasteiger partial charge in [-0.3, -0.25) is 0 Å². The zero-order valence-electron chi connectivity index (χ0n) is 13.7. The molecule has 12 heteroatoms. The number of sulfone groups is 1. The minimum Gasteiger partial charge on any atom is -0.323 e. The molecule has 0 fully saturated rings. The molecule has 0 aliphatic heterocycles. The normalized spacial score (nSPS) is 12.2. The molecule has 0 saturated heterocycles. The van der Waals surface area contributed by atoms with E-state index in [0.29, 0.717) is 25.2 Å². The summed E-state index contributed by atoms with van der Waals surface area (Å²) < 4.78 is 63.8. The molecule has 0 atom stereocenters. The van der Waals surface area contributed by atoms with E-state index in [-0.39, 0.29) is 0 Å². The van der Waals surface area contributed by atoms with Crippen LogP contribution in [-0.2, 0) is 16.0 Å². The van der Waals surface area contributed by atoms with Gasteiger partial charge in [0.05, 0.1) is 15.5 Å². The molecule has 0 radical (unpaired) electrons. The van der Waals surface area contributed by atoms with E-state index in [1.807, 2.05) is 0 Å². The molecule has 0 saturated carbocycles. The first kappa shape index (κ1) is 20.2. The molecule has 2 rings (SSSR count). The van der Waals surface area contributed by atoms with E-state index < -0.39 is 42.7 Å². The molecule has 1 heterocycles. The van der Waals surface area contributed by atoms with Gasteiger partial charge in [0.15, 0.2) is 0 Å². The SMILES string of the molecule is CCN(CC)C(=O)n1cnc(S(=O)(=O)c2ccc(C(F)(F)F)cc2Cl)n1. The Morgan fingerprint density at radius 2 is 1.88 bits per heavy atom. The van der Waals surface area contributed by atoms with Crippen molar-refractivity contribution in [2.24, 2.45) is 0 Å². The van der Waals surface area contributed by atoms with Gasteiger partial charge in [0, 0.05) is 13.1 Å². The lowest BCUT2D eigenvalue weighted by atomic mass is 10.2. The summed E-state index contributed by atoms with van der Waals surface area (Å²) in [6.07, 6.45) is -3.74. The standard InChI is InChI=1S/C14H14ClF3N4O3S/c1-3-21(4-2)13(23)22-8-19-12(20-22)26(24,25)11-6-5-9(7-10(11)15)14(16,17)18/h5-8H,3-4H2,1-2H3. The number of carbonyl (C=O) groups is 1. The smallest absolute Gasteiger partial charge is 0.323 e. The quantitative estimate of drug-likeness (QED) is 0.773. The number of hydrogen-bond acceptors (Lipinski definition) is 5.